The molecule has 0 bridgehead atoms. The van der Waals surface area contributed by atoms with E-state index in [-0.39, 0.29) is 5.82 Å². The number of hydrogen-bond donors (Lipinski definition) is 1. The summed E-state index contributed by atoms with van der Waals surface area (Å²) in [7, 11) is 0. The van der Waals surface area contributed by atoms with E-state index in [0.717, 1.165) is 16.3 Å². The Hall–Kier alpha value is -1.91. The summed E-state index contributed by atoms with van der Waals surface area (Å²) in [5, 5.41) is 3.06. The Morgan fingerprint density at radius 2 is 1.90 bits per heavy atom. The minimum atomic E-state index is -0.360. The van der Waals surface area contributed by atoms with Gasteiger partial charge in [0, 0.05) is 22.2 Å². The number of benzene rings is 2. The second kappa shape index (κ2) is 5.23. The zero-order valence-corrected chi connectivity index (χ0v) is 11.9. The van der Waals surface area contributed by atoms with Crippen LogP contribution in [0.15, 0.2) is 47.8 Å². The van der Waals surface area contributed by atoms with Crippen molar-refractivity contribution in [3.05, 3.63) is 58.7 Å². The molecule has 0 radical (unpaired) electrons. The van der Waals surface area contributed by atoms with Gasteiger partial charge < -0.3 is 5.73 Å². The number of nitrogens with zero attached hydrogens (tertiary/aromatic N) is 1. The zero-order valence-electron chi connectivity index (χ0n) is 10.3. The highest BCUT2D eigenvalue weighted by Crippen LogP contribution is 2.34. The summed E-state index contributed by atoms with van der Waals surface area (Å²) in [6.07, 6.45) is 0. The van der Waals surface area contributed by atoms with Gasteiger partial charge in [-0.2, -0.15) is 0 Å². The van der Waals surface area contributed by atoms with Crippen molar-refractivity contribution in [2.75, 3.05) is 5.73 Å². The molecule has 0 spiro atoms. The van der Waals surface area contributed by atoms with E-state index in [1.165, 1.54) is 23.5 Å². The molecule has 2 aromatic carbocycles. The molecule has 100 valence electrons. The summed E-state index contributed by atoms with van der Waals surface area (Å²) >= 11 is 7.53. The first-order valence-electron chi connectivity index (χ1n) is 5.91. The van der Waals surface area contributed by atoms with Crippen LogP contribution in [0.5, 0.6) is 0 Å². The maximum absolute atomic E-state index is 13.1. The van der Waals surface area contributed by atoms with E-state index >= 15 is 0 Å². The number of anilines is 1. The lowest BCUT2D eigenvalue weighted by Gasteiger charge is -2.02. The fourth-order valence-corrected chi connectivity index (χ4v) is 3.04. The van der Waals surface area contributed by atoms with Gasteiger partial charge in [-0.25, -0.2) is 9.37 Å². The van der Waals surface area contributed by atoms with Crippen LogP contribution in [0.25, 0.3) is 21.8 Å². The van der Waals surface area contributed by atoms with E-state index in [4.69, 9.17) is 17.3 Å². The Morgan fingerprint density at radius 3 is 2.65 bits per heavy atom. The van der Waals surface area contributed by atoms with Gasteiger partial charge in [0.15, 0.2) is 0 Å². The van der Waals surface area contributed by atoms with Crippen molar-refractivity contribution in [3.63, 3.8) is 0 Å². The summed E-state index contributed by atoms with van der Waals surface area (Å²) < 4.78 is 13.1. The first kappa shape index (κ1) is 13.1. The Morgan fingerprint density at radius 1 is 1.10 bits per heavy atom. The summed E-state index contributed by atoms with van der Waals surface area (Å²) in [4.78, 5) is 4.53. The van der Waals surface area contributed by atoms with Crippen molar-refractivity contribution in [1.82, 2.24) is 4.98 Å². The Bertz CT molecular complexity index is 770. The number of nitrogens with two attached hydrogens (primary N) is 1. The molecule has 0 amide bonds. The van der Waals surface area contributed by atoms with Crippen molar-refractivity contribution < 1.29 is 4.39 Å². The van der Waals surface area contributed by atoms with Gasteiger partial charge in [-0.15, -0.1) is 11.3 Å². The molecule has 0 aliphatic heterocycles. The normalized spacial score (nSPS) is 10.7. The first-order valence-corrected chi connectivity index (χ1v) is 7.17. The third-order valence-electron chi connectivity index (χ3n) is 2.90. The molecule has 1 heterocycles. The third kappa shape index (κ3) is 2.40. The van der Waals surface area contributed by atoms with E-state index in [1.807, 2.05) is 29.6 Å². The monoisotopic (exact) mass is 304 g/mol. The van der Waals surface area contributed by atoms with E-state index in [1.54, 1.807) is 6.07 Å². The van der Waals surface area contributed by atoms with Crippen molar-refractivity contribution in [3.8, 4) is 21.8 Å². The Labute approximate surface area is 124 Å². The molecule has 3 aromatic rings. The number of para-hydroxylation sites is 1. The molecule has 0 fully saturated rings. The number of aromatic nitrogens is 1. The number of rotatable bonds is 2. The van der Waals surface area contributed by atoms with E-state index in [9.17, 15) is 4.39 Å². The Kier molecular flexibility index (Phi) is 3.42. The quantitative estimate of drug-likeness (QED) is 0.687. The summed E-state index contributed by atoms with van der Waals surface area (Å²) in [5.74, 6) is -0.360. The average molecular weight is 305 g/mol. The maximum Gasteiger partial charge on any atom is 0.126 e. The highest BCUT2D eigenvalue weighted by molar-refractivity contribution is 7.13. The van der Waals surface area contributed by atoms with Crippen LogP contribution in [-0.4, -0.2) is 4.98 Å². The van der Waals surface area contributed by atoms with Crippen LogP contribution in [-0.2, 0) is 0 Å². The third-order valence-corrected chi connectivity index (χ3v) is 4.09. The van der Waals surface area contributed by atoms with Gasteiger partial charge in [0.05, 0.1) is 10.7 Å². The molecule has 2 N–H and O–H groups in total. The first-order chi connectivity index (χ1) is 9.65. The van der Waals surface area contributed by atoms with E-state index in [0.29, 0.717) is 16.3 Å². The zero-order chi connectivity index (χ0) is 14.1. The van der Waals surface area contributed by atoms with Gasteiger partial charge in [-0.3, -0.25) is 0 Å². The summed E-state index contributed by atoms with van der Waals surface area (Å²) in [6.45, 7) is 0. The predicted octanol–water partition coefficient (Wildman–Crippen LogP) is 4.85. The van der Waals surface area contributed by atoms with Gasteiger partial charge in [0.1, 0.15) is 10.8 Å². The van der Waals surface area contributed by atoms with Crippen molar-refractivity contribution in [2.45, 2.75) is 0 Å². The van der Waals surface area contributed by atoms with E-state index in [2.05, 4.69) is 4.98 Å². The fourth-order valence-electron chi connectivity index (χ4n) is 1.91. The molecule has 0 aliphatic rings. The topological polar surface area (TPSA) is 38.9 Å². The van der Waals surface area contributed by atoms with Crippen LogP contribution in [0, 0.1) is 5.82 Å². The number of hydrogen-bond acceptors (Lipinski definition) is 3. The largest absolute Gasteiger partial charge is 0.398 e. The molecular formula is C15H10ClFN2S. The number of halogens is 2. The van der Waals surface area contributed by atoms with Crippen molar-refractivity contribution >= 4 is 28.6 Å². The number of thiazole rings is 1. The van der Waals surface area contributed by atoms with Gasteiger partial charge >= 0.3 is 0 Å². The molecule has 0 saturated heterocycles. The maximum atomic E-state index is 13.1. The second-order valence-electron chi connectivity index (χ2n) is 4.25. The molecule has 20 heavy (non-hydrogen) atoms. The van der Waals surface area contributed by atoms with Crippen LogP contribution in [0.1, 0.15) is 0 Å². The van der Waals surface area contributed by atoms with E-state index < -0.39 is 0 Å². The molecule has 0 unspecified atom stereocenters. The SMILES string of the molecule is Nc1ccccc1-c1nc(-c2ccc(F)cc2Cl)cs1. The van der Waals surface area contributed by atoms with Crippen LogP contribution in [0.4, 0.5) is 10.1 Å². The van der Waals surface area contributed by atoms with Gasteiger partial charge in [-0.1, -0.05) is 23.7 Å². The van der Waals surface area contributed by atoms with Crippen LogP contribution in [0.2, 0.25) is 5.02 Å². The highest BCUT2D eigenvalue weighted by atomic mass is 35.5. The Balaban J connectivity index is 2.04. The lowest BCUT2D eigenvalue weighted by atomic mass is 10.1. The smallest absolute Gasteiger partial charge is 0.126 e. The molecule has 0 saturated carbocycles. The lowest BCUT2D eigenvalue weighted by Crippen LogP contribution is -1.89. The summed E-state index contributed by atoms with van der Waals surface area (Å²) in [5.41, 5.74) is 8.94. The molecule has 5 heteroatoms. The molecule has 0 aliphatic carbocycles. The standard InChI is InChI=1S/C15H10ClFN2S/c16-12-7-9(17)5-6-10(12)14-8-20-15(19-14)11-3-1-2-4-13(11)18/h1-8H,18H2. The predicted molar refractivity (Wildman–Crippen MR) is 82.4 cm³/mol. The molecule has 3 rings (SSSR count). The van der Waals surface area contributed by atoms with Crippen LogP contribution < -0.4 is 5.73 Å². The second-order valence-corrected chi connectivity index (χ2v) is 5.51. The van der Waals surface area contributed by atoms with Crippen LogP contribution >= 0.6 is 22.9 Å². The van der Waals surface area contributed by atoms with Crippen molar-refractivity contribution in [2.24, 2.45) is 0 Å². The molecule has 1 aromatic heterocycles. The summed E-state index contributed by atoms with van der Waals surface area (Å²) in [6, 6.07) is 11.8. The van der Waals surface area contributed by atoms with Crippen molar-refractivity contribution in [1.29, 1.82) is 0 Å². The fraction of sp³-hybridized carbons (Fsp3) is 0. The minimum Gasteiger partial charge on any atom is -0.398 e. The minimum absolute atomic E-state index is 0.350. The lowest BCUT2D eigenvalue weighted by molar-refractivity contribution is 0.628. The molecule has 2 nitrogen and oxygen atoms in total. The van der Waals surface area contributed by atoms with Gasteiger partial charge in [-0.05, 0) is 30.3 Å². The van der Waals surface area contributed by atoms with Crippen LogP contribution in [0.3, 0.4) is 0 Å². The highest BCUT2D eigenvalue weighted by Gasteiger charge is 2.11. The average Bonchev–Trinajstić information content (AvgIpc) is 2.88. The molecular weight excluding hydrogens is 295 g/mol. The van der Waals surface area contributed by atoms with Gasteiger partial charge in [0.25, 0.3) is 0 Å². The number of nitrogen functional groups attached to an aromatic ring is 1. The van der Waals surface area contributed by atoms with Gasteiger partial charge in [0.2, 0.25) is 0 Å². The molecule has 0 atom stereocenters.